The van der Waals surface area contributed by atoms with Gasteiger partial charge in [0.1, 0.15) is 0 Å². The summed E-state index contributed by atoms with van der Waals surface area (Å²) in [5.74, 6) is 0.360. The normalized spacial score (nSPS) is 13.3. The van der Waals surface area contributed by atoms with Crippen molar-refractivity contribution in [3.63, 3.8) is 0 Å². The summed E-state index contributed by atoms with van der Waals surface area (Å²) in [4.78, 5) is 13.2. The van der Waals surface area contributed by atoms with Gasteiger partial charge in [-0.05, 0) is 37.0 Å². The zero-order valence-electron chi connectivity index (χ0n) is 13.7. The number of carbonyl (C=O) groups is 1. The number of carbonyl (C=O) groups excluding carboxylic acids is 1. The summed E-state index contributed by atoms with van der Waals surface area (Å²) in [6, 6.07) is 8.64. The van der Waals surface area contributed by atoms with Gasteiger partial charge in [0.2, 0.25) is 5.91 Å². The summed E-state index contributed by atoms with van der Waals surface area (Å²) in [5, 5.41) is 2.57. The van der Waals surface area contributed by atoms with Crippen molar-refractivity contribution in [2.45, 2.75) is 20.3 Å². The number of allylic oxidation sites excluding steroid dienone is 3. The van der Waals surface area contributed by atoms with E-state index in [1.807, 2.05) is 27.1 Å². The fourth-order valence-corrected chi connectivity index (χ4v) is 2.16. The molecule has 0 aliphatic carbocycles. The van der Waals surface area contributed by atoms with Crippen LogP contribution in [-0.4, -0.2) is 27.1 Å². The van der Waals surface area contributed by atoms with Crippen molar-refractivity contribution in [1.82, 2.24) is 5.32 Å². The number of nitrogens with one attached hydrogen (secondary N) is 1. The largest absolute Gasteiger partial charge is 0.378 e. The number of hydrogen-bond acceptors (Lipinski definition) is 2. The van der Waals surface area contributed by atoms with Crippen LogP contribution in [0.3, 0.4) is 0 Å². The number of hydrogen-bond donors (Lipinski definition) is 1. The summed E-state index contributed by atoms with van der Waals surface area (Å²) in [7, 11) is 5.72. The van der Waals surface area contributed by atoms with E-state index in [0.29, 0.717) is 5.92 Å². The Bertz CT molecular complexity index is 513. The van der Waals surface area contributed by atoms with Crippen LogP contribution in [-0.2, 0) is 11.2 Å². The second-order valence-electron chi connectivity index (χ2n) is 5.60. The molecule has 0 aliphatic rings. The van der Waals surface area contributed by atoms with E-state index in [0.717, 1.165) is 12.0 Å². The zero-order chi connectivity index (χ0) is 15.8. The van der Waals surface area contributed by atoms with Crippen LogP contribution in [0.5, 0.6) is 0 Å². The summed E-state index contributed by atoms with van der Waals surface area (Å²) in [6.45, 7) is 4.21. The van der Waals surface area contributed by atoms with Gasteiger partial charge >= 0.3 is 0 Å². The van der Waals surface area contributed by atoms with Gasteiger partial charge in [-0.2, -0.15) is 0 Å². The molecular formula is C18H26N2O. The van der Waals surface area contributed by atoms with Crippen LogP contribution in [0.25, 0.3) is 0 Å². The Morgan fingerprint density at radius 2 is 1.86 bits per heavy atom. The molecule has 3 heteroatoms. The van der Waals surface area contributed by atoms with Crippen LogP contribution >= 0.6 is 0 Å². The third kappa shape index (κ3) is 6.30. The third-order valence-electron chi connectivity index (χ3n) is 3.30. The first-order valence-corrected chi connectivity index (χ1v) is 7.27. The fourth-order valence-electron chi connectivity index (χ4n) is 2.16. The molecule has 1 N–H and O–H groups in total. The molecule has 0 saturated carbocycles. The molecule has 1 rings (SSSR count). The Kier molecular flexibility index (Phi) is 6.73. The number of likely N-dealkylation sites (N-methyl/N-ethyl adjacent to an activating group) is 1. The van der Waals surface area contributed by atoms with Crippen LogP contribution < -0.4 is 10.2 Å². The van der Waals surface area contributed by atoms with E-state index in [9.17, 15) is 4.79 Å². The van der Waals surface area contributed by atoms with E-state index < -0.39 is 0 Å². The standard InChI is InChI=1S/C18H26N2O/c1-14(6-11-18(21)19-3)12-15(2)13-16-7-9-17(10-8-16)20(4)5/h6-12,15H,13H2,1-5H3,(H,19,21)/b11-6+,14-12+. The summed E-state index contributed by atoms with van der Waals surface area (Å²) in [6.07, 6.45) is 6.60. The second kappa shape index (κ2) is 8.30. The minimum atomic E-state index is -0.0744. The molecule has 0 aliphatic heterocycles. The number of rotatable bonds is 6. The highest BCUT2D eigenvalue weighted by Crippen LogP contribution is 2.16. The van der Waals surface area contributed by atoms with Crippen molar-refractivity contribution < 1.29 is 4.79 Å². The van der Waals surface area contributed by atoms with Crippen molar-refractivity contribution in [2.24, 2.45) is 5.92 Å². The Morgan fingerprint density at radius 3 is 2.38 bits per heavy atom. The Morgan fingerprint density at radius 1 is 1.24 bits per heavy atom. The lowest BCUT2D eigenvalue weighted by Crippen LogP contribution is -2.14. The molecule has 0 spiro atoms. The van der Waals surface area contributed by atoms with E-state index >= 15 is 0 Å². The molecule has 0 aromatic heterocycles. The van der Waals surface area contributed by atoms with Gasteiger partial charge < -0.3 is 10.2 Å². The van der Waals surface area contributed by atoms with E-state index in [2.05, 4.69) is 47.5 Å². The molecule has 21 heavy (non-hydrogen) atoms. The lowest BCUT2D eigenvalue weighted by molar-refractivity contribution is -0.116. The van der Waals surface area contributed by atoms with E-state index in [1.54, 1.807) is 13.1 Å². The number of benzene rings is 1. The zero-order valence-corrected chi connectivity index (χ0v) is 13.7. The Labute approximate surface area is 128 Å². The quantitative estimate of drug-likeness (QED) is 0.643. The van der Waals surface area contributed by atoms with Gasteiger partial charge in [-0.3, -0.25) is 4.79 Å². The predicted octanol–water partition coefficient (Wildman–Crippen LogP) is 3.18. The SMILES string of the molecule is CNC(=O)/C=C/C(C)=C/C(C)Cc1ccc(N(C)C)cc1. The predicted molar refractivity (Wildman–Crippen MR) is 90.6 cm³/mol. The maximum absolute atomic E-state index is 11.2. The number of amides is 1. The van der Waals surface area contributed by atoms with Gasteiger partial charge in [0.15, 0.2) is 0 Å². The summed E-state index contributed by atoms with van der Waals surface area (Å²) in [5.41, 5.74) is 3.65. The van der Waals surface area contributed by atoms with Crippen molar-refractivity contribution in [1.29, 1.82) is 0 Å². The van der Waals surface area contributed by atoms with E-state index in [-0.39, 0.29) is 5.91 Å². The third-order valence-corrected chi connectivity index (χ3v) is 3.30. The van der Waals surface area contributed by atoms with Crippen molar-refractivity contribution in [3.8, 4) is 0 Å². The molecule has 1 amide bonds. The monoisotopic (exact) mass is 286 g/mol. The lowest BCUT2D eigenvalue weighted by atomic mass is 9.98. The number of anilines is 1. The highest BCUT2D eigenvalue weighted by molar-refractivity contribution is 5.87. The molecule has 3 nitrogen and oxygen atoms in total. The Balaban J connectivity index is 2.61. The maximum atomic E-state index is 11.2. The molecule has 114 valence electrons. The molecule has 0 radical (unpaired) electrons. The minimum Gasteiger partial charge on any atom is -0.378 e. The van der Waals surface area contributed by atoms with Crippen LogP contribution in [0, 0.1) is 5.92 Å². The average molecular weight is 286 g/mol. The second-order valence-corrected chi connectivity index (χ2v) is 5.60. The van der Waals surface area contributed by atoms with Crippen molar-refractivity contribution >= 4 is 11.6 Å². The first kappa shape index (κ1) is 17.0. The molecule has 1 aromatic carbocycles. The maximum Gasteiger partial charge on any atom is 0.243 e. The highest BCUT2D eigenvalue weighted by Gasteiger charge is 2.02. The first-order chi connectivity index (χ1) is 9.92. The minimum absolute atomic E-state index is 0.0744. The van der Waals surface area contributed by atoms with Gasteiger partial charge in [0, 0.05) is 32.9 Å². The highest BCUT2D eigenvalue weighted by atomic mass is 16.1. The average Bonchev–Trinajstić information content (AvgIpc) is 2.45. The lowest BCUT2D eigenvalue weighted by Gasteiger charge is -2.13. The van der Waals surface area contributed by atoms with E-state index in [4.69, 9.17) is 0 Å². The molecular weight excluding hydrogens is 260 g/mol. The Hall–Kier alpha value is -2.03. The fraction of sp³-hybridized carbons (Fsp3) is 0.389. The van der Waals surface area contributed by atoms with Crippen LogP contribution in [0.15, 0.2) is 48.1 Å². The molecule has 0 saturated heterocycles. The van der Waals surface area contributed by atoms with Gasteiger partial charge in [-0.15, -0.1) is 0 Å². The topological polar surface area (TPSA) is 32.3 Å². The molecule has 0 bridgehead atoms. The van der Waals surface area contributed by atoms with Crippen molar-refractivity contribution in [2.75, 3.05) is 26.0 Å². The van der Waals surface area contributed by atoms with Gasteiger partial charge in [-0.1, -0.05) is 36.8 Å². The molecule has 1 aromatic rings. The summed E-state index contributed by atoms with van der Waals surface area (Å²) < 4.78 is 0. The van der Waals surface area contributed by atoms with Crippen molar-refractivity contribution in [3.05, 3.63) is 53.6 Å². The molecule has 0 fully saturated rings. The van der Waals surface area contributed by atoms with E-state index in [1.165, 1.54) is 11.3 Å². The van der Waals surface area contributed by atoms with Crippen LogP contribution in [0.4, 0.5) is 5.69 Å². The van der Waals surface area contributed by atoms with Gasteiger partial charge in [0.25, 0.3) is 0 Å². The number of nitrogens with zero attached hydrogens (tertiary/aromatic N) is 1. The molecule has 1 atom stereocenters. The molecule has 1 unspecified atom stereocenters. The molecule has 0 heterocycles. The first-order valence-electron chi connectivity index (χ1n) is 7.27. The van der Waals surface area contributed by atoms with Gasteiger partial charge in [0.05, 0.1) is 0 Å². The van der Waals surface area contributed by atoms with Gasteiger partial charge in [-0.25, -0.2) is 0 Å². The smallest absolute Gasteiger partial charge is 0.243 e. The van der Waals surface area contributed by atoms with Crippen LogP contribution in [0.1, 0.15) is 19.4 Å². The van der Waals surface area contributed by atoms with Crippen LogP contribution in [0.2, 0.25) is 0 Å². The summed E-state index contributed by atoms with van der Waals surface area (Å²) >= 11 is 0.